The Kier molecular flexibility index (Phi) is 7.26. The average molecular weight is 325 g/mol. The summed E-state index contributed by atoms with van der Waals surface area (Å²) < 4.78 is 10.1. The van der Waals surface area contributed by atoms with Crippen molar-refractivity contribution in [3.8, 4) is 0 Å². The molecule has 1 unspecified atom stereocenters. The summed E-state index contributed by atoms with van der Waals surface area (Å²) in [6, 6.07) is 0.0183. The van der Waals surface area contributed by atoms with E-state index in [0.29, 0.717) is 19.4 Å². The Balaban J connectivity index is 2.45. The second-order valence-electron chi connectivity index (χ2n) is 6.56. The van der Waals surface area contributed by atoms with Crippen molar-refractivity contribution in [2.75, 3.05) is 13.2 Å². The number of nitrogens with zero attached hydrogens (tertiary/aromatic N) is 1. The van der Waals surface area contributed by atoms with E-state index in [1.54, 1.807) is 11.8 Å². The molecule has 0 spiro atoms. The molecule has 0 saturated carbocycles. The van der Waals surface area contributed by atoms with Crippen molar-refractivity contribution < 1.29 is 23.9 Å². The fourth-order valence-corrected chi connectivity index (χ4v) is 2.44. The quantitative estimate of drug-likeness (QED) is 0.554. The molecule has 0 aliphatic carbocycles. The summed E-state index contributed by atoms with van der Waals surface area (Å²) >= 11 is 0. The van der Waals surface area contributed by atoms with Gasteiger partial charge in [-0.25, -0.2) is 9.59 Å². The Labute approximate surface area is 137 Å². The van der Waals surface area contributed by atoms with Crippen LogP contribution in [0.3, 0.4) is 0 Å². The third-order valence-electron chi connectivity index (χ3n) is 3.42. The minimum atomic E-state index is -0.525. The number of allylic oxidation sites excluding steroid dienone is 1. The molecule has 6 nitrogen and oxygen atoms in total. The lowest BCUT2D eigenvalue weighted by atomic mass is 10.1. The van der Waals surface area contributed by atoms with Gasteiger partial charge in [-0.3, -0.25) is 4.79 Å². The van der Waals surface area contributed by atoms with Gasteiger partial charge in [0, 0.05) is 25.1 Å². The number of hydrogen-bond acceptors (Lipinski definition) is 5. The number of rotatable bonds is 6. The molecular weight excluding hydrogens is 298 g/mol. The summed E-state index contributed by atoms with van der Waals surface area (Å²) in [5.41, 5.74) is -0.525. The Hall–Kier alpha value is -1.85. The smallest absolute Gasteiger partial charge is 0.410 e. The fourth-order valence-electron chi connectivity index (χ4n) is 2.44. The van der Waals surface area contributed by atoms with E-state index in [2.05, 4.69) is 0 Å². The molecule has 1 rings (SSSR count). The highest BCUT2D eigenvalue weighted by molar-refractivity contribution is 5.95. The van der Waals surface area contributed by atoms with Crippen LogP contribution in [-0.4, -0.2) is 47.5 Å². The number of likely N-dealkylation sites (tertiary alicyclic amines) is 1. The first kappa shape index (κ1) is 19.2. The van der Waals surface area contributed by atoms with E-state index < -0.39 is 11.6 Å². The highest BCUT2D eigenvalue weighted by atomic mass is 16.6. The van der Waals surface area contributed by atoms with Gasteiger partial charge in [-0.05, 0) is 53.0 Å². The molecule has 0 aromatic heterocycles. The van der Waals surface area contributed by atoms with Crippen LogP contribution in [0, 0.1) is 0 Å². The molecule has 1 saturated heterocycles. The summed E-state index contributed by atoms with van der Waals surface area (Å²) in [6.07, 6.45) is 4.71. The van der Waals surface area contributed by atoms with Crippen LogP contribution >= 0.6 is 0 Å². The zero-order valence-electron chi connectivity index (χ0n) is 14.5. The molecule has 130 valence electrons. The van der Waals surface area contributed by atoms with Gasteiger partial charge in [-0.1, -0.05) is 0 Å². The normalized spacial score (nSPS) is 18.3. The average Bonchev–Trinajstić information content (AvgIpc) is 2.90. The molecular formula is C17H27NO5. The number of amides is 1. The number of esters is 1. The summed E-state index contributed by atoms with van der Waals surface area (Å²) in [5.74, 6) is -0.661. The third kappa shape index (κ3) is 7.30. The molecule has 1 fully saturated rings. The number of ether oxygens (including phenoxy) is 2. The maximum Gasteiger partial charge on any atom is 0.410 e. The van der Waals surface area contributed by atoms with Crippen LogP contribution in [0.4, 0.5) is 4.79 Å². The van der Waals surface area contributed by atoms with Crippen molar-refractivity contribution in [2.24, 2.45) is 0 Å². The summed E-state index contributed by atoms with van der Waals surface area (Å²) in [4.78, 5) is 36.8. The number of carbonyl (C=O) groups is 3. The number of hydrogen-bond donors (Lipinski definition) is 0. The molecule has 1 amide bonds. The zero-order chi connectivity index (χ0) is 17.5. The van der Waals surface area contributed by atoms with Crippen LogP contribution in [0.5, 0.6) is 0 Å². The van der Waals surface area contributed by atoms with Crippen molar-refractivity contribution in [3.05, 3.63) is 12.2 Å². The molecule has 1 atom stereocenters. The van der Waals surface area contributed by atoms with E-state index in [9.17, 15) is 14.4 Å². The molecule has 1 aliphatic rings. The van der Waals surface area contributed by atoms with Gasteiger partial charge in [0.2, 0.25) is 0 Å². The van der Waals surface area contributed by atoms with E-state index in [1.165, 1.54) is 6.08 Å². The van der Waals surface area contributed by atoms with Gasteiger partial charge in [0.05, 0.1) is 6.61 Å². The van der Waals surface area contributed by atoms with Crippen LogP contribution in [0.15, 0.2) is 12.2 Å². The van der Waals surface area contributed by atoms with Crippen LogP contribution in [0.25, 0.3) is 0 Å². The third-order valence-corrected chi connectivity index (χ3v) is 3.42. The molecule has 0 aromatic rings. The van der Waals surface area contributed by atoms with Crippen LogP contribution in [0.2, 0.25) is 0 Å². The van der Waals surface area contributed by atoms with E-state index in [4.69, 9.17) is 9.47 Å². The Morgan fingerprint density at radius 3 is 2.52 bits per heavy atom. The molecule has 23 heavy (non-hydrogen) atoms. The second kappa shape index (κ2) is 8.70. The largest absolute Gasteiger partial charge is 0.463 e. The number of ketones is 1. The minimum Gasteiger partial charge on any atom is -0.463 e. The SMILES string of the molecule is CCOC(=O)/C=C/C(=O)CCC1CCCN1C(=O)OC(C)(C)C. The molecule has 6 heteroatoms. The van der Waals surface area contributed by atoms with Crippen molar-refractivity contribution in [1.29, 1.82) is 0 Å². The Morgan fingerprint density at radius 2 is 1.91 bits per heavy atom. The van der Waals surface area contributed by atoms with Gasteiger partial charge in [-0.15, -0.1) is 0 Å². The lowest BCUT2D eigenvalue weighted by Crippen LogP contribution is -2.39. The molecule has 1 aliphatic heterocycles. The first-order chi connectivity index (χ1) is 10.7. The van der Waals surface area contributed by atoms with E-state index in [1.807, 2.05) is 20.8 Å². The molecule has 0 N–H and O–H groups in total. The van der Waals surface area contributed by atoms with Crippen molar-refractivity contribution in [1.82, 2.24) is 4.90 Å². The summed E-state index contributed by atoms with van der Waals surface area (Å²) in [7, 11) is 0. The van der Waals surface area contributed by atoms with Gasteiger partial charge in [-0.2, -0.15) is 0 Å². The second-order valence-corrected chi connectivity index (χ2v) is 6.56. The maximum absolute atomic E-state index is 12.1. The van der Waals surface area contributed by atoms with Crippen molar-refractivity contribution >= 4 is 17.8 Å². The minimum absolute atomic E-state index is 0.0183. The van der Waals surface area contributed by atoms with Crippen molar-refractivity contribution in [2.45, 2.75) is 65.0 Å². The van der Waals surface area contributed by atoms with Crippen LogP contribution in [0.1, 0.15) is 53.4 Å². The van der Waals surface area contributed by atoms with Crippen LogP contribution in [-0.2, 0) is 19.1 Å². The van der Waals surface area contributed by atoms with Crippen molar-refractivity contribution in [3.63, 3.8) is 0 Å². The first-order valence-corrected chi connectivity index (χ1v) is 8.10. The summed E-state index contributed by atoms with van der Waals surface area (Å²) in [5, 5.41) is 0. The summed E-state index contributed by atoms with van der Waals surface area (Å²) in [6.45, 7) is 8.15. The van der Waals surface area contributed by atoms with E-state index in [0.717, 1.165) is 18.9 Å². The van der Waals surface area contributed by atoms with Gasteiger partial charge in [0.15, 0.2) is 5.78 Å². The standard InChI is InChI=1S/C17H27NO5/c1-5-22-15(20)11-10-14(19)9-8-13-7-6-12-18(13)16(21)23-17(2,3)4/h10-11,13H,5-9,12H2,1-4H3/b11-10+. The van der Waals surface area contributed by atoms with E-state index in [-0.39, 0.29) is 24.5 Å². The fraction of sp³-hybridized carbons (Fsp3) is 0.706. The molecule has 0 bridgehead atoms. The maximum atomic E-state index is 12.1. The van der Waals surface area contributed by atoms with Gasteiger partial charge in [0.1, 0.15) is 5.60 Å². The predicted octanol–water partition coefficient (Wildman–Crippen LogP) is 2.85. The predicted molar refractivity (Wildman–Crippen MR) is 86.0 cm³/mol. The monoisotopic (exact) mass is 325 g/mol. The topological polar surface area (TPSA) is 72.9 Å². The highest BCUT2D eigenvalue weighted by Crippen LogP contribution is 2.24. The molecule has 1 heterocycles. The van der Waals surface area contributed by atoms with Gasteiger partial charge >= 0.3 is 12.1 Å². The molecule has 0 aromatic carbocycles. The lowest BCUT2D eigenvalue weighted by molar-refractivity contribution is -0.137. The highest BCUT2D eigenvalue weighted by Gasteiger charge is 2.31. The first-order valence-electron chi connectivity index (χ1n) is 8.10. The lowest BCUT2D eigenvalue weighted by Gasteiger charge is -2.28. The van der Waals surface area contributed by atoms with Gasteiger partial charge < -0.3 is 14.4 Å². The zero-order valence-corrected chi connectivity index (χ0v) is 14.5. The number of carbonyl (C=O) groups excluding carboxylic acids is 3. The van der Waals surface area contributed by atoms with Gasteiger partial charge in [0.25, 0.3) is 0 Å². The Morgan fingerprint density at radius 1 is 1.22 bits per heavy atom. The van der Waals surface area contributed by atoms with E-state index >= 15 is 0 Å². The van der Waals surface area contributed by atoms with Crippen LogP contribution < -0.4 is 0 Å². The molecule has 0 radical (unpaired) electrons. The Bertz CT molecular complexity index is 464.